The van der Waals surface area contributed by atoms with Gasteiger partial charge in [0.1, 0.15) is 6.61 Å². The standard InChI is InChI=1S/C14H20FNO3S/c1-2-20(17,18)9-8-19-14-11(4-3-5-13(14)15)10-16-12-6-7-12/h3-5,12,16H,2,6-10H2,1H3. The van der Waals surface area contributed by atoms with Gasteiger partial charge in [-0.25, -0.2) is 12.8 Å². The van der Waals surface area contributed by atoms with Crippen molar-refractivity contribution in [1.82, 2.24) is 5.32 Å². The molecule has 1 aliphatic rings. The summed E-state index contributed by atoms with van der Waals surface area (Å²) in [4.78, 5) is 0. The fourth-order valence-electron chi connectivity index (χ4n) is 1.81. The van der Waals surface area contributed by atoms with E-state index < -0.39 is 15.7 Å². The van der Waals surface area contributed by atoms with Crippen LogP contribution in [0.1, 0.15) is 25.3 Å². The van der Waals surface area contributed by atoms with Crippen molar-refractivity contribution in [3.8, 4) is 5.75 Å². The first kappa shape index (κ1) is 15.3. The highest BCUT2D eigenvalue weighted by Crippen LogP contribution is 2.25. The zero-order chi connectivity index (χ0) is 14.6. The predicted molar refractivity (Wildman–Crippen MR) is 76.1 cm³/mol. The summed E-state index contributed by atoms with van der Waals surface area (Å²) in [5.41, 5.74) is 0.728. The Balaban J connectivity index is 1.97. The molecule has 0 aromatic heterocycles. The lowest BCUT2D eigenvalue weighted by Crippen LogP contribution is -2.19. The van der Waals surface area contributed by atoms with Crippen LogP contribution >= 0.6 is 0 Å². The van der Waals surface area contributed by atoms with E-state index in [1.165, 1.54) is 6.07 Å². The lowest BCUT2D eigenvalue weighted by Gasteiger charge is -2.13. The number of nitrogens with one attached hydrogen (secondary N) is 1. The van der Waals surface area contributed by atoms with Crippen molar-refractivity contribution in [3.63, 3.8) is 0 Å². The largest absolute Gasteiger partial charge is 0.489 e. The first-order valence-electron chi connectivity index (χ1n) is 6.86. The highest BCUT2D eigenvalue weighted by atomic mass is 32.2. The number of rotatable bonds is 8. The maximum atomic E-state index is 13.8. The van der Waals surface area contributed by atoms with Gasteiger partial charge in [0.2, 0.25) is 0 Å². The quantitative estimate of drug-likeness (QED) is 0.796. The minimum Gasteiger partial charge on any atom is -0.489 e. The molecule has 0 aliphatic heterocycles. The Morgan fingerprint density at radius 1 is 1.40 bits per heavy atom. The Kier molecular flexibility index (Phi) is 4.99. The molecule has 1 aromatic carbocycles. The maximum Gasteiger partial charge on any atom is 0.165 e. The van der Waals surface area contributed by atoms with Gasteiger partial charge in [0.15, 0.2) is 21.4 Å². The molecule has 0 bridgehead atoms. The zero-order valence-electron chi connectivity index (χ0n) is 11.6. The van der Waals surface area contributed by atoms with Gasteiger partial charge in [-0.1, -0.05) is 19.1 Å². The van der Waals surface area contributed by atoms with Crippen LogP contribution in [0.2, 0.25) is 0 Å². The molecule has 1 saturated carbocycles. The smallest absolute Gasteiger partial charge is 0.165 e. The SMILES string of the molecule is CCS(=O)(=O)CCOc1c(F)cccc1CNC1CC1. The summed E-state index contributed by atoms with van der Waals surface area (Å²) < 4.78 is 41.9. The van der Waals surface area contributed by atoms with Gasteiger partial charge >= 0.3 is 0 Å². The van der Waals surface area contributed by atoms with Gasteiger partial charge in [-0.05, 0) is 18.9 Å². The van der Waals surface area contributed by atoms with Gasteiger partial charge in [0.05, 0.1) is 5.75 Å². The van der Waals surface area contributed by atoms with E-state index in [1.54, 1.807) is 19.1 Å². The van der Waals surface area contributed by atoms with E-state index in [4.69, 9.17) is 4.74 Å². The summed E-state index contributed by atoms with van der Waals surface area (Å²) in [6.45, 7) is 2.11. The molecule has 0 spiro atoms. The lowest BCUT2D eigenvalue weighted by atomic mass is 10.2. The Morgan fingerprint density at radius 2 is 2.15 bits per heavy atom. The molecule has 0 radical (unpaired) electrons. The summed E-state index contributed by atoms with van der Waals surface area (Å²) in [5.74, 6) is -0.308. The average molecular weight is 301 g/mol. The molecular formula is C14H20FNO3S. The molecule has 6 heteroatoms. The molecule has 0 atom stereocenters. The molecule has 1 aromatic rings. The van der Waals surface area contributed by atoms with E-state index >= 15 is 0 Å². The van der Waals surface area contributed by atoms with Crippen LogP contribution in [0.4, 0.5) is 4.39 Å². The van der Waals surface area contributed by atoms with Gasteiger partial charge in [-0.15, -0.1) is 0 Å². The van der Waals surface area contributed by atoms with E-state index in [0.717, 1.165) is 18.4 Å². The van der Waals surface area contributed by atoms with Gasteiger partial charge in [-0.3, -0.25) is 0 Å². The van der Waals surface area contributed by atoms with E-state index in [2.05, 4.69) is 5.32 Å². The second-order valence-electron chi connectivity index (χ2n) is 4.97. The number of para-hydroxylation sites is 1. The third-order valence-electron chi connectivity index (χ3n) is 3.29. The van der Waals surface area contributed by atoms with Crippen LogP contribution in [-0.4, -0.2) is 32.6 Å². The number of sulfone groups is 1. The molecule has 20 heavy (non-hydrogen) atoms. The molecule has 0 amide bonds. The zero-order valence-corrected chi connectivity index (χ0v) is 12.4. The van der Waals surface area contributed by atoms with Crippen molar-refractivity contribution < 1.29 is 17.5 Å². The first-order chi connectivity index (χ1) is 9.52. The molecule has 1 aliphatic carbocycles. The Hall–Kier alpha value is -1.14. The van der Waals surface area contributed by atoms with Crippen LogP contribution in [0.5, 0.6) is 5.75 Å². The fraction of sp³-hybridized carbons (Fsp3) is 0.571. The monoisotopic (exact) mass is 301 g/mol. The molecule has 2 rings (SSSR count). The number of hydrogen-bond acceptors (Lipinski definition) is 4. The van der Waals surface area contributed by atoms with Crippen LogP contribution < -0.4 is 10.1 Å². The van der Waals surface area contributed by atoms with Crippen molar-refractivity contribution >= 4 is 9.84 Å². The molecule has 112 valence electrons. The average Bonchev–Trinajstić information content (AvgIpc) is 3.23. The second kappa shape index (κ2) is 6.54. The van der Waals surface area contributed by atoms with Crippen LogP contribution in [0.3, 0.4) is 0 Å². The third-order valence-corrected chi connectivity index (χ3v) is 4.96. The minimum absolute atomic E-state index is 0.0203. The van der Waals surface area contributed by atoms with Crippen LogP contribution in [0.25, 0.3) is 0 Å². The number of halogens is 1. The molecule has 0 heterocycles. The third kappa shape index (κ3) is 4.45. The highest BCUT2D eigenvalue weighted by molar-refractivity contribution is 7.91. The second-order valence-corrected chi connectivity index (χ2v) is 7.44. The summed E-state index contributed by atoms with van der Waals surface area (Å²) in [7, 11) is -3.09. The molecule has 1 N–H and O–H groups in total. The molecule has 4 nitrogen and oxygen atoms in total. The van der Waals surface area contributed by atoms with Crippen LogP contribution in [-0.2, 0) is 16.4 Å². The number of ether oxygens (including phenoxy) is 1. The molecular weight excluding hydrogens is 281 g/mol. The van der Waals surface area contributed by atoms with Crippen molar-refractivity contribution in [2.24, 2.45) is 0 Å². The molecule has 0 saturated heterocycles. The molecule has 1 fully saturated rings. The summed E-state index contributed by atoms with van der Waals surface area (Å²) in [6, 6.07) is 5.27. The number of hydrogen-bond donors (Lipinski definition) is 1. The minimum atomic E-state index is -3.09. The van der Waals surface area contributed by atoms with E-state index in [0.29, 0.717) is 12.6 Å². The van der Waals surface area contributed by atoms with Crippen molar-refractivity contribution in [3.05, 3.63) is 29.6 Å². The van der Waals surface area contributed by atoms with Crippen LogP contribution in [0, 0.1) is 5.82 Å². The highest BCUT2D eigenvalue weighted by Gasteiger charge is 2.21. The summed E-state index contributed by atoms with van der Waals surface area (Å²) in [5, 5.41) is 3.29. The maximum absolute atomic E-state index is 13.8. The van der Waals surface area contributed by atoms with Gasteiger partial charge in [0.25, 0.3) is 0 Å². The Bertz CT molecular complexity index is 556. The number of benzene rings is 1. The summed E-state index contributed by atoms with van der Waals surface area (Å²) in [6.07, 6.45) is 2.31. The van der Waals surface area contributed by atoms with Gasteiger partial charge in [-0.2, -0.15) is 0 Å². The fourth-order valence-corrected chi connectivity index (χ4v) is 2.44. The Morgan fingerprint density at radius 3 is 2.80 bits per heavy atom. The summed E-state index contributed by atoms with van der Waals surface area (Å²) >= 11 is 0. The van der Waals surface area contributed by atoms with Gasteiger partial charge < -0.3 is 10.1 Å². The topological polar surface area (TPSA) is 55.4 Å². The lowest BCUT2D eigenvalue weighted by molar-refractivity contribution is 0.317. The van der Waals surface area contributed by atoms with Crippen molar-refractivity contribution in [2.45, 2.75) is 32.4 Å². The molecule has 0 unspecified atom stereocenters. The van der Waals surface area contributed by atoms with Crippen LogP contribution in [0.15, 0.2) is 18.2 Å². The van der Waals surface area contributed by atoms with Crippen molar-refractivity contribution in [2.75, 3.05) is 18.1 Å². The van der Waals surface area contributed by atoms with Gasteiger partial charge in [0, 0.05) is 23.9 Å². The van der Waals surface area contributed by atoms with E-state index in [-0.39, 0.29) is 23.9 Å². The first-order valence-corrected chi connectivity index (χ1v) is 8.68. The normalized spacial score (nSPS) is 15.3. The van der Waals surface area contributed by atoms with Crippen molar-refractivity contribution in [1.29, 1.82) is 0 Å². The Labute approximate surface area is 119 Å². The van der Waals surface area contributed by atoms with E-state index in [1.807, 2.05) is 0 Å². The predicted octanol–water partition coefficient (Wildman–Crippen LogP) is 1.89. The van der Waals surface area contributed by atoms with E-state index in [9.17, 15) is 12.8 Å².